The zero-order valence-electron chi connectivity index (χ0n) is 11.1. The van der Waals surface area contributed by atoms with Crippen LogP contribution in [-0.4, -0.2) is 25.5 Å². The van der Waals surface area contributed by atoms with E-state index in [1.807, 2.05) is 0 Å². The van der Waals surface area contributed by atoms with Crippen molar-refractivity contribution in [3.8, 4) is 5.75 Å². The molecule has 19 heavy (non-hydrogen) atoms. The Morgan fingerprint density at radius 2 is 2.05 bits per heavy atom. The molecule has 0 fully saturated rings. The molecule has 0 aromatic heterocycles. The van der Waals surface area contributed by atoms with E-state index in [9.17, 15) is 14.7 Å². The first-order valence-corrected chi connectivity index (χ1v) is 5.32. The number of methoxy groups -OCH3 is 1. The molecule has 0 aliphatic carbocycles. The van der Waals surface area contributed by atoms with Gasteiger partial charge < -0.3 is 14.6 Å². The van der Waals surface area contributed by atoms with Crippen molar-refractivity contribution in [1.82, 2.24) is 0 Å². The Morgan fingerprint density at radius 3 is 2.63 bits per heavy atom. The molecule has 96 valence electrons. The van der Waals surface area contributed by atoms with Crippen LogP contribution in [0.2, 0.25) is 0 Å². The van der Waals surface area contributed by atoms with E-state index in [0.717, 1.165) is 0 Å². The van der Waals surface area contributed by atoms with Gasteiger partial charge in [-0.2, -0.15) is 0 Å². The van der Waals surface area contributed by atoms with E-state index < -0.39 is 17.5 Å². The number of rotatable bonds is 5. The van der Waals surface area contributed by atoms with Crippen molar-refractivity contribution in [3.63, 3.8) is 0 Å². The van der Waals surface area contributed by atoms with Crippen LogP contribution in [0.3, 0.4) is 0 Å². The maximum atomic E-state index is 11.7. The summed E-state index contributed by atoms with van der Waals surface area (Å²) in [4.78, 5) is 22.3. The van der Waals surface area contributed by atoms with Gasteiger partial charge in [0.1, 0.15) is 5.75 Å². The molecule has 0 unspecified atom stereocenters. The number of carbonyl (C=O) groups is 2. The Bertz CT molecular complexity index is 482. The molecular weight excluding hydrogens is 243 g/mol. The van der Waals surface area contributed by atoms with Crippen LogP contribution < -0.4 is 28.7 Å². The molecule has 0 saturated heterocycles. The van der Waals surface area contributed by atoms with Gasteiger partial charge in [0.2, 0.25) is 0 Å². The molecule has 0 spiro atoms. The first-order chi connectivity index (χ1) is 8.58. The van der Waals surface area contributed by atoms with Crippen molar-refractivity contribution >= 4 is 17.5 Å². The number of hydrogen-bond donors (Lipinski definition) is 0. The van der Waals surface area contributed by atoms with Crippen LogP contribution in [0.25, 0.3) is 5.76 Å². The third kappa shape index (κ3) is 5.21. The van der Waals surface area contributed by atoms with Crippen molar-refractivity contribution in [2.75, 3.05) is 13.7 Å². The minimum absolute atomic E-state index is 0. The number of esters is 1. The average molecular weight is 256 g/mol. The van der Waals surface area contributed by atoms with E-state index in [0.29, 0.717) is 11.8 Å². The van der Waals surface area contributed by atoms with Gasteiger partial charge in [-0.15, -0.1) is 0 Å². The molecule has 0 bridgehead atoms. The van der Waals surface area contributed by atoms with E-state index in [1.165, 1.54) is 19.2 Å². The van der Waals surface area contributed by atoms with Crippen molar-refractivity contribution in [2.24, 2.45) is 0 Å². The van der Waals surface area contributed by atoms with E-state index >= 15 is 0 Å². The van der Waals surface area contributed by atoms with Gasteiger partial charge in [-0.1, -0.05) is 17.9 Å². The van der Waals surface area contributed by atoms with Crippen LogP contribution in [0.15, 0.2) is 30.3 Å². The fourth-order valence-electron chi connectivity index (χ4n) is 1.24. The molecule has 5 nitrogen and oxygen atoms in total. The Labute approximate surface area is 123 Å². The second-order valence-electron chi connectivity index (χ2n) is 3.33. The average Bonchev–Trinajstić information content (AvgIpc) is 2.39. The van der Waals surface area contributed by atoms with Gasteiger partial charge in [0, 0.05) is 0 Å². The molecule has 6 heteroatoms. The molecule has 0 aliphatic rings. The molecule has 0 aliphatic heterocycles. The largest absolute Gasteiger partial charge is 1.00 e. The third-order valence-electron chi connectivity index (χ3n) is 2.09. The Balaban J connectivity index is 0.00000324. The molecule has 0 radical (unpaired) electrons. The van der Waals surface area contributed by atoms with Crippen molar-refractivity contribution in [1.29, 1.82) is 0 Å². The first-order valence-electron chi connectivity index (χ1n) is 5.32. The minimum Gasteiger partial charge on any atom is -0.872 e. The summed E-state index contributed by atoms with van der Waals surface area (Å²) in [6.07, 6.45) is 0.715. The number of carbonyl (C=O) groups excluding carboxylic acids is 2. The van der Waals surface area contributed by atoms with Gasteiger partial charge in [0.05, 0.1) is 13.7 Å². The molecule has 0 saturated carbocycles. The zero-order chi connectivity index (χ0) is 13.5. The topological polar surface area (TPSA) is 75.7 Å². The molecule has 1 aromatic rings. The molecule has 0 atom stereocenters. The second kappa shape index (κ2) is 8.41. The molecule has 1 aromatic carbocycles. The molecule has 0 N–H and O–H groups in total. The summed E-state index contributed by atoms with van der Waals surface area (Å²) in [5.41, 5.74) is 0.270. The summed E-state index contributed by atoms with van der Waals surface area (Å²) >= 11 is 0. The SMILES string of the molecule is CCOC(=O)C(=O)/C=C(\[O-])c1cccc(OC)c1.[Li+]. The fourth-order valence-corrected chi connectivity index (χ4v) is 1.24. The van der Waals surface area contributed by atoms with Gasteiger partial charge in [-0.05, 0) is 30.7 Å². The summed E-state index contributed by atoms with van der Waals surface area (Å²) in [6.45, 7) is 1.67. The summed E-state index contributed by atoms with van der Waals surface area (Å²) in [6, 6.07) is 6.30. The minimum atomic E-state index is -1.03. The smallest absolute Gasteiger partial charge is 0.872 e. The monoisotopic (exact) mass is 256 g/mol. The Hall–Kier alpha value is -1.70. The third-order valence-corrected chi connectivity index (χ3v) is 2.09. The maximum Gasteiger partial charge on any atom is 1.00 e. The normalized spacial score (nSPS) is 10.3. The molecular formula is C13H13LiO5. The predicted molar refractivity (Wildman–Crippen MR) is 62.6 cm³/mol. The Morgan fingerprint density at radius 1 is 1.37 bits per heavy atom. The standard InChI is InChI=1S/C13H14O5.Li/c1-3-18-13(16)12(15)8-11(14)9-5-4-6-10(7-9)17-2;/h4-8,14H,3H2,1-2H3;/q;+1/p-1/b11-8-;. The quantitative estimate of drug-likeness (QED) is 0.192. The van der Waals surface area contributed by atoms with E-state index in [-0.39, 0.29) is 31.0 Å². The van der Waals surface area contributed by atoms with Crippen LogP contribution in [0, 0.1) is 0 Å². The van der Waals surface area contributed by atoms with Crippen LogP contribution in [0.4, 0.5) is 0 Å². The van der Waals surface area contributed by atoms with E-state index in [1.54, 1.807) is 19.1 Å². The maximum absolute atomic E-state index is 11.7. The van der Waals surface area contributed by atoms with Crippen molar-refractivity contribution < 1.29 is 43.0 Å². The van der Waals surface area contributed by atoms with Crippen molar-refractivity contribution in [2.45, 2.75) is 6.92 Å². The summed E-state index contributed by atoms with van der Waals surface area (Å²) in [5.74, 6) is -2.07. The predicted octanol–water partition coefficient (Wildman–Crippen LogP) is -2.47. The van der Waals surface area contributed by atoms with Crippen LogP contribution >= 0.6 is 0 Å². The first kappa shape index (κ1) is 17.3. The number of benzene rings is 1. The van der Waals surface area contributed by atoms with Crippen LogP contribution in [0.1, 0.15) is 12.5 Å². The van der Waals surface area contributed by atoms with Gasteiger partial charge in [-0.25, -0.2) is 4.79 Å². The van der Waals surface area contributed by atoms with Gasteiger partial charge in [-0.3, -0.25) is 4.79 Å². The number of ketones is 1. The van der Waals surface area contributed by atoms with Crippen molar-refractivity contribution in [3.05, 3.63) is 35.9 Å². The van der Waals surface area contributed by atoms with Crippen LogP contribution in [-0.2, 0) is 14.3 Å². The Kier molecular flexibility index (Phi) is 7.65. The number of hydrogen-bond acceptors (Lipinski definition) is 5. The molecule has 0 amide bonds. The van der Waals surface area contributed by atoms with Crippen LogP contribution in [0.5, 0.6) is 5.75 Å². The van der Waals surface area contributed by atoms with Gasteiger partial charge in [0.25, 0.3) is 5.78 Å². The summed E-state index contributed by atoms with van der Waals surface area (Å²) in [7, 11) is 1.47. The zero-order valence-corrected chi connectivity index (χ0v) is 11.1. The second-order valence-corrected chi connectivity index (χ2v) is 3.33. The molecule has 0 heterocycles. The van der Waals surface area contributed by atoms with Gasteiger partial charge in [0.15, 0.2) is 0 Å². The summed E-state index contributed by atoms with van der Waals surface area (Å²) in [5, 5.41) is 11.7. The van der Waals surface area contributed by atoms with Gasteiger partial charge >= 0.3 is 24.8 Å². The number of ether oxygens (including phenoxy) is 2. The fraction of sp³-hybridized carbons (Fsp3) is 0.231. The molecule has 1 rings (SSSR count). The van der Waals surface area contributed by atoms with E-state index in [2.05, 4.69) is 4.74 Å². The summed E-state index contributed by atoms with van der Waals surface area (Å²) < 4.78 is 9.44. The van der Waals surface area contributed by atoms with E-state index in [4.69, 9.17) is 4.74 Å².